The number of hydrogen-bond acceptors (Lipinski definition) is 4. The topological polar surface area (TPSA) is 53.6 Å². The summed E-state index contributed by atoms with van der Waals surface area (Å²) in [6, 6.07) is 0.459. The molecule has 120 valence electrons. The largest absolute Gasteiger partial charge is 0.385 e. The maximum absolute atomic E-state index is 12.0. The predicted molar refractivity (Wildman–Crippen MR) is 84.4 cm³/mol. The molecular weight excluding hydrogens is 278 g/mol. The van der Waals surface area contributed by atoms with Gasteiger partial charge in [-0.05, 0) is 39.8 Å². The first-order valence-corrected chi connectivity index (χ1v) is 7.32. The molecule has 5 nitrogen and oxygen atoms in total. The molecule has 0 aromatic heterocycles. The third-order valence-corrected chi connectivity index (χ3v) is 3.68. The van der Waals surface area contributed by atoms with Gasteiger partial charge in [-0.15, -0.1) is 12.4 Å². The zero-order valence-corrected chi connectivity index (χ0v) is 13.8. The molecule has 20 heavy (non-hydrogen) atoms. The Bertz CT molecular complexity index is 267. The van der Waals surface area contributed by atoms with E-state index in [9.17, 15) is 4.79 Å². The van der Waals surface area contributed by atoms with Crippen molar-refractivity contribution in [1.29, 1.82) is 0 Å². The van der Waals surface area contributed by atoms with E-state index in [4.69, 9.17) is 4.74 Å². The standard InChI is InChI=1S/C14H29N3O2.ClH/c1-12-11-13(5-6-15-12)14(18)16-7-9-17(2)8-4-10-19-3;/h12-13,15H,4-11H2,1-3H3,(H,16,18);1H/t12-,13-;/m0./s1. The minimum atomic E-state index is 0. The number of hydrogen-bond donors (Lipinski definition) is 2. The number of piperidine rings is 1. The summed E-state index contributed by atoms with van der Waals surface area (Å²) in [6.07, 6.45) is 2.95. The second kappa shape index (κ2) is 11.3. The number of carbonyl (C=O) groups excluding carboxylic acids is 1. The van der Waals surface area contributed by atoms with Gasteiger partial charge in [0.15, 0.2) is 0 Å². The molecule has 0 aromatic carbocycles. The van der Waals surface area contributed by atoms with Gasteiger partial charge in [0.25, 0.3) is 0 Å². The molecule has 1 saturated heterocycles. The zero-order chi connectivity index (χ0) is 14.1. The lowest BCUT2D eigenvalue weighted by Crippen LogP contribution is -2.43. The molecule has 0 bridgehead atoms. The SMILES string of the molecule is COCCCN(C)CCNC(=O)[C@H]1CCN[C@@H](C)C1.Cl. The van der Waals surface area contributed by atoms with E-state index in [0.29, 0.717) is 6.04 Å². The van der Waals surface area contributed by atoms with Crippen LogP contribution in [0.3, 0.4) is 0 Å². The van der Waals surface area contributed by atoms with Crippen LogP contribution < -0.4 is 10.6 Å². The lowest BCUT2D eigenvalue weighted by atomic mass is 9.92. The van der Waals surface area contributed by atoms with Crippen molar-refractivity contribution in [1.82, 2.24) is 15.5 Å². The molecule has 1 aliphatic rings. The number of carbonyl (C=O) groups is 1. The third kappa shape index (κ3) is 8.04. The summed E-state index contributed by atoms with van der Waals surface area (Å²) >= 11 is 0. The molecule has 0 spiro atoms. The summed E-state index contributed by atoms with van der Waals surface area (Å²) in [7, 11) is 3.80. The van der Waals surface area contributed by atoms with Crippen LogP contribution >= 0.6 is 12.4 Å². The fraction of sp³-hybridized carbons (Fsp3) is 0.929. The Kier molecular flexibility index (Phi) is 11.1. The number of likely N-dealkylation sites (N-methyl/N-ethyl adjacent to an activating group) is 1. The molecule has 0 aromatic rings. The Morgan fingerprint density at radius 3 is 2.85 bits per heavy atom. The van der Waals surface area contributed by atoms with E-state index in [1.807, 2.05) is 0 Å². The molecule has 0 radical (unpaired) electrons. The average Bonchev–Trinajstić information content (AvgIpc) is 2.39. The second-order valence-electron chi connectivity index (χ2n) is 5.52. The van der Waals surface area contributed by atoms with Crippen LogP contribution in [0.1, 0.15) is 26.2 Å². The van der Waals surface area contributed by atoms with E-state index in [1.165, 1.54) is 0 Å². The quantitative estimate of drug-likeness (QED) is 0.654. The second-order valence-corrected chi connectivity index (χ2v) is 5.52. The number of nitrogens with one attached hydrogen (secondary N) is 2. The van der Waals surface area contributed by atoms with Gasteiger partial charge in [0, 0.05) is 45.3 Å². The number of ether oxygens (including phenoxy) is 1. The molecule has 2 atom stereocenters. The van der Waals surface area contributed by atoms with E-state index in [2.05, 4.69) is 29.5 Å². The number of rotatable bonds is 8. The minimum absolute atomic E-state index is 0. The van der Waals surface area contributed by atoms with E-state index in [-0.39, 0.29) is 24.2 Å². The summed E-state index contributed by atoms with van der Waals surface area (Å²) < 4.78 is 5.02. The van der Waals surface area contributed by atoms with Gasteiger partial charge >= 0.3 is 0 Å². The maximum atomic E-state index is 12.0. The number of amides is 1. The van der Waals surface area contributed by atoms with Gasteiger partial charge < -0.3 is 20.3 Å². The molecule has 0 unspecified atom stereocenters. The molecule has 1 aliphatic heterocycles. The predicted octanol–water partition coefficient (Wildman–Crippen LogP) is 0.881. The maximum Gasteiger partial charge on any atom is 0.223 e. The average molecular weight is 308 g/mol. The molecule has 1 fully saturated rings. The van der Waals surface area contributed by atoms with Gasteiger partial charge in [0.2, 0.25) is 5.91 Å². The summed E-state index contributed by atoms with van der Waals surface area (Å²) in [4.78, 5) is 14.2. The van der Waals surface area contributed by atoms with Crippen molar-refractivity contribution in [3.63, 3.8) is 0 Å². The Morgan fingerprint density at radius 2 is 2.20 bits per heavy atom. The zero-order valence-electron chi connectivity index (χ0n) is 13.0. The highest BCUT2D eigenvalue weighted by Crippen LogP contribution is 2.15. The molecular formula is C14H30ClN3O2. The smallest absolute Gasteiger partial charge is 0.223 e. The Hall–Kier alpha value is -0.360. The molecule has 1 rings (SSSR count). The molecule has 0 saturated carbocycles. The molecule has 2 N–H and O–H groups in total. The van der Waals surface area contributed by atoms with Crippen LogP contribution in [0.25, 0.3) is 0 Å². The molecule has 6 heteroatoms. The van der Waals surface area contributed by atoms with Crippen LogP contribution in [0.15, 0.2) is 0 Å². The van der Waals surface area contributed by atoms with Gasteiger partial charge in [-0.25, -0.2) is 0 Å². The Morgan fingerprint density at radius 1 is 1.45 bits per heavy atom. The van der Waals surface area contributed by atoms with E-state index in [1.54, 1.807) is 7.11 Å². The number of methoxy groups -OCH3 is 1. The summed E-state index contributed by atoms with van der Waals surface area (Å²) in [5.74, 6) is 0.411. The van der Waals surface area contributed by atoms with Gasteiger partial charge in [-0.2, -0.15) is 0 Å². The molecule has 1 amide bonds. The van der Waals surface area contributed by atoms with E-state index < -0.39 is 0 Å². The first-order valence-electron chi connectivity index (χ1n) is 7.32. The van der Waals surface area contributed by atoms with Gasteiger partial charge in [0.05, 0.1) is 0 Å². The van der Waals surface area contributed by atoms with Gasteiger partial charge in [-0.1, -0.05) is 0 Å². The van der Waals surface area contributed by atoms with Gasteiger partial charge in [0.1, 0.15) is 0 Å². The lowest BCUT2D eigenvalue weighted by molar-refractivity contribution is -0.126. The van der Waals surface area contributed by atoms with Crippen molar-refractivity contribution >= 4 is 18.3 Å². The number of halogens is 1. The minimum Gasteiger partial charge on any atom is -0.385 e. The van der Waals surface area contributed by atoms with Crippen molar-refractivity contribution in [2.24, 2.45) is 5.92 Å². The Labute approximate surface area is 129 Å². The highest BCUT2D eigenvalue weighted by Gasteiger charge is 2.24. The summed E-state index contributed by atoms with van der Waals surface area (Å²) in [6.45, 7) is 6.54. The van der Waals surface area contributed by atoms with E-state index in [0.717, 1.165) is 52.0 Å². The Balaban J connectivity index is 0.00000361. The van der Waals surface area contributed by atoms with Crippen molar-refractivity contribution < 1.29 is 9.53 Å². The highest BCUT2D eigenvalue weighted by molar-refractivity contribution is 5.85. The first kappa shape index (κ1) is 19.6. The van der Waals surface area contributed by atoms with Crippen molar-refractivity contribution in [3.05, 3.63) is 0 Å². The monoisotopic (exact) mass is 307 g/mol. The highest BCUT2D eigenvalue weighted by atomic mass is 35.5. The summed E-state index contributed by atoms with van der Waals surface area (Å²) in [5, 5.41) is 6.42. The third-order valence-electron chi connectivity index (χ3n) is 3.68. The number of nitrogens with zero attached hydrogens (tertiary/aromatic N) is 1. The molecule has 0 aliphatic carbocycles. The van der Waals surface area contributed by atoms with Crippen LogP contribution in [-0.4, -0.2) is 63.8 Å². The fourth-order valence-corrected chi connectivity index (χ4v) is 2.47. The summed E-state index contributed by atoms with van der Waals surface area (Å²) in [5.41, 5.74) is 0. The van der Waals surface area contributed by atoms with Crippen molar-refractivity contribution in [3.8, 4) is 0 Å². The van der Waals surface area contributed by atoms with Gasteiger partial charge in [-0.3, -0.25) is 4.79 Å². The van der Waals surface area contributed by atoms with Crippen molar-refractivity contribution in [2.75, 3.05) is 46.9 Å². The van der Waals surface area contributed by atoms with Crippen molar-refractivity contribution in [2.45, 2.75) is 32.2 Å². The fourth-order valence-electron chi connectivity index (χ4n) is 2.47. The first-order chi connectivity index (χ1) is 9.13. The normalized spacial score (nSPS) is 22.4. The van der Waals surface area contributed by atoms with Crippen LogP contribution in [0.5, 0.6) is 0 Å². The van der Waals surface area contributed by atoms with Crippen LogP contribution in [0.2, 0.25) is 0 Å². The van der Waals surface area contributed by atoms with Crippen LogP contribution in [0, 0.1) is 5.92 Å². The van der Waals surface area contributed by atoms with Crippen LogP contribution in [0.4, 0.5) is 0 Å². The van der Waals surface area contributed by atoms with Crippen LogP contribution in [-0.2, 0) is 9.53 Å². The molecule has 1 heterocycles. The lowest BCUT2D eigenvalue weighted by Gasteiger charge is -2.27. The van der Waals surface area contributed by atoms with E-state index >= 15 is 0 Å².